The number of hydrogen-bond donors (Lipinski definition) is 2. The lowest BCUT2D eigenvalue weighted by atomic mass is 10.2. The van der Waals surface area contributed by atoms with Crippen molar-refractivity contribution in [2.45, 2.75) is 20.3 Å². The Morgan fingerprint density at radius 2 is 2.16 bits per heavy atom. The number of pyridine rings is 1. The highest BCUT2D eigenvalue weighted by molar-refractivity contribution is 5.86. The second kappa shape index (κ2) is 7.21. The molecule has 0 bridgehead atoms. The summed E-state index contributed by atoms with van der Waals surface area (Å²) in [5.41, 5.74) is 7.46. The van der Waals surface area contributed by atoms with E-state index in [1.807, 2.05) is 38.1 Å². The van der Waals surface area contributed by atoms with Gasteiger partial charge in [-0.25, -0.2) is 4.98 Å². The number of nitrogens with one attached hydrogen (secondary N) is 1. The molecule has 0 spiro atoms. The molecule has 0 unspecified atom stereocenters. The lowest BCUT2D eigenvalue weighted by Gasteiger charge is -2.10. The summed E-state index contributed by atoms with van der Waals surface area (Å²) < 4.78 is 7.25. The summed E-state index contributed by atoms with van der Waals surface area (Å²) >= 11 is 0. The number of nitrogens with zero attached hydrogens (tertiary/aromatic N) is 3. The Kier molecular flexibility index (Phi) is 4.83. The molecule has 2 heterocycles. The summed E-state index contributed by atoms with van der Waals surface area (Å²) in [6, 6.07) is 11.2. The molecule has 3 aromatic rings. The number of nitrogens with two attached hydrogens (primary N) is 1. The lowest BCUT2D eigenvalue weighted by molar-refractivity contribution is -0.123. The Morgan fingerprint density at radius 3 is 2.88 bits per heavy atom. The predicted molar refractivity (Wildman–Crippen MR) is 96.8 cm³/mol. The first-order valence-corrected chi connectivity index (χ1v) is 8.20. The Morgan fingerprint density at radius 1 is 1.32 bits per heavy atom. The van der Waals surface area contributed by atoms with Crippen LogP contribution in [0.2, 0.25) is 0 Å². The van der Waals surface area contributed by atoms with Crippen LogP contribution in [0.4, 0.5) is 5.82 Å². The number of fused-ring (bicyclic) bond motifs is 1. The molecular formula is C18H21N5O2. The zero-order valence-corrected chi connectivity index (χ0v) is 14.3. The van der Waals surface area contributed by atoms with Crippen LogP contribution < -0.4 is 15.8 Å². The van der Waals surface area contributed by atoms with Gasteiger partial charge < -0.3 is 15.8 Å². The number of rotatable bonds is 6. The fourth-order valence-corrected chi connectivity index (χ4v) is 2.51. The van der Waals surface area contributed by atoms with Gasteiger partial charge in [0.1, 0.15) is 17.1 Å². The van der Waals surface area contributed by atoms with E-state index in [1.165, 1.54) is 0 Å². The normalized spacial score (nSPS) is 10.8. The zero-order chi connectivity index (χ0) is 17.8. The smallest absolute Gasteiger partial charge is 0.257 e. The summed E-state index contributed by atoms with van der Waals surface area (Å²) in [6.07, 6.45) is 0.885. The number of aryl methyl sites for hydroxylation is 1. The van der Waals surface area contributed by atoms with Gasteiger partial charge in [0.15, 0.2) is 12.4 Å². The number of carbonyl (C=O) groups is 1. The van der Waals surface area contributed by atoms with Crippen molar-refractivity contribution in [3.63, 3.8) is 0 Å². The topological polar surface area (TPSA) is 95.1 Å². The Hall–Kier alpha value is -3.09. The highest BCUT2D eigenvalue weighted by Crippen LogP contribution is 2.25. The Balaban J connectivity index is 1.90. The molecule has 1 amide bonds. The molecule has 0 fully saturated rings. The van der Waals surface area contributed by atoms with Crippen molar-refractivity contribution >= 4 is 22.6 Å². The number of ether oxygens (including phenoxy) is 1. The van der Waals surface area contributed by atoms with E-state index in [-0.39, 0.29) is 12.5 Å². The number of hydrogen-bond acceptors (Lipinski definition) is 5. The molecule has 3 N–H and O–H groups in total. The molecule has 0 saturated carbocycles. The molecule has 3 rings (SSSR count). The van der Waals surface area contributed by atoms with Crippen molar-refractivity contribution in [1.29, 1.82) is 0 Å². The maximum absolute atomic E-state index is 11.8. The maximum atomic E-state index is 11.8. The van der Waals surface area contributed by atoms with Gasteiger partial charge >= 0.3 is 0 Å². The van der Waals surface area contributed by atoms with Crippen LogP contribution in [-0.2, 0) is 4.79 Å². The van der Waals surface area contributed by atoms with Crippen LogP contribution in [0.15, 0.2) is 36.4 Å². The van der Waals surface area contributed by atoms with Gasteiger partial charge in [-0.2, -0.15) is 9.78 Å². The number of anilines is 1. The molecule has 0 saturated heterocycles. The third-order valence-corrected chi connectivity index (χ3v) is 3.68. The van der Waals surface area contributed by atoms with Gasteiger partial charge in [0.25, 0.3) is 5.91 Å². The van der Waals surface area contributed by atoms with Crippen molar-refractivity contribution in [3.05, 3.63) is 42.1 Å². The summed E-state index contributed by atoms with van der Waals surface area (Å²) in [5, 5.41) is 8.05. The number of carbonyl (C=O) groups excluding carboxylic acids is 1. The number of para-hydroxylation sites is 1. The van der Waals surface area contributed by atoms with Gasteiger partial charge in [0.2, 0.25) is 0 Å². The number of nitrogen functional groups attached to an aromatic ring is 1. The van der Waals surface area contributed by atoms with E-state index in [9.17, 15) is 4.79 Å². The van der Waals surface area contributed by atoms with E-state index in [0.29, 0.717) is 29.4 Å². The first-order valence-electron chi connectivity index (χ1n) is 8.20. The lowest BCUT2D eigenvalue weighted by Crippen LogP contribution is -2.29. The number of amides is 1. The quantitative estimate of drug-likeness (QED) is 0.718. The molecule has 25 heavy (non-hydrogen) atoms. The molecule has 7 heteroatoms. The minimum Gasteiger partial charge on any atom is -0.481 e. The van der Waals surface area contributed by atoms with Crippen LogP contribution in [0.3, 0.4) is 0 Å². The molecule has 0 aliphatic carbocycles. The second-order valence-electron chi connectivity index (χ2n) is 5.76. The fourth-order valence-electron chi connectivity index (χ4n) is 2.51. The predicted octanol–water partition coefficient (Wildman–Crippen LogP) is 2.22. The molecule has 0 radical (unpaired) electrons. The second-order valence-corrected chi connectivity index (χ2v) is 5.76. The molecule has 1 aromatic carbocycles. The van der Waals surface area contributed by atoms with Gasteiger partial charge in [-0.3, -0.25) is 4.79 Å². The van der Waals surface area contributed by atoms with Gasteiger partial charge in [-0.15, -0.1) is 0 Å². The molecule has 130 valence electrons. The summed E-state index contributed by atoms with van der Waals surface area (Å²) in [7, 11) is 0. The highest BCUT2D eigenvalue weighted by atomic mass is 16.5. The van der Waals surface area contributed by atoms with E-state index >= 15 is 0 Å². The van der Waals surface area contributed by atoms with E-state index in [4.69, 9.17) is 10.5 Å². The number of aromatic nitrogens is 3. The van der Waals surface area contributed by atoms with Crippen molar-refractivity contribution in [2.75, 3.05) is 18.9 Å². The molecule has 0 aliphatic heterocycles. The van der Waals surface area contributed by atoms with Gasteiger partial charge in [-0.05, 0) is 31.5 Å². The van der Waals surface area contributed by atoms with Crippen molar-refractivity contribution in [1.82, 2.24) is 20.1 Å². The Bertz CT molecular complexity index is 904. The van der Waals surface area contributed by atoms with Crippen LogP contribution in [0.25, 0.3) is 16.7 Å². The minimum absolute atomic E-state index is 0.0476. The molecule has 7 nitrogen and oxygen atoms in total. The highest BCUT2D eigenvalue weighted by Gasteiger charge is 2.10. The average molecular weight is 339 g/mol. The summed E-state index contributed by atoms with van der Waals surface area (Å²) in [6.45, 7) is 4.46. The third kappa shape index (κ3) is 3.71. The molecule has 0 atom stereocenters. The van der Waals surface area contributed by atoms with Crippen molar-refractivity contribution < 1.29 is 9.53 Å². The van der Waals surface area contributed by atoms with E-state index in [0.717, 1.165) is 17.5 Å². The monoisotopic (exact) mass is 339 g/mol. The molecule has 2 aromatic heterocycles. The Labute approximate surface area is 145 Å². The minimum atomic E-state index is -0.151. The van der Waals surface area contributed by atoms with E-state index in [1.54, 1.807) is 16.8 Å². The maximum Gasteiger partial charge on any atom is 0.257 e. The van der Waals surface area contributed by atoms with E-state index in [2.05, 4.69) is 15.4 Å². The van der Waals surface area contributed by atoms with Crippen molar-refractivity contribution in [2.24, 2.45) is 0 Å². The van der Waals surface area contributed by atoms with Crippen LogP contribution in [0.1, 0.15) is 19.0 Å². The average Bonchev–Trinajstić information content (AvgIpc) is 2.95. The first-order chi connectivity index (χ1) is 12.1. The largest absolute Gasteiger partial charge is 0.481 e. The van der Waals surface area contributed by atoms with Crippen molar-refractivity contribution in [3.8, 4) is 11.6 Å². The zero-order valence-electron chi connectivity index (χ0n) is 14.3. The SMILES string of the molecule is CCCNC(=O)COc1cccc2ccc(-n3nc(C)cc3N)nc12. The van der Waals surface area contributed by atoms with Gasteiger partial charge in [0, 0.05) is 18.0 Å². The van der Waals surface area contributed by atoms with E-state index < -0.39 is 0 Å². The van der Waals surface area contributed by atoms with Gasteiger partial charge in [-0.1, -0.05) is 19.1 Å². The standard InChI is InChI=1S/C18H21N5O2/c1-3-9-20-17(24)11-25-14-6-4-5-13-7-8-16(21-18(13)14)23-15(19)10-12(2)22-23/h4-8,10H,3,9,11,19H2,1-2H3,(H,20,24). The van der Waals surface area contributed by atoms with Crippen LogP contribution in [0.5, 0.6) is 5.75 Å². The summed E-state index contributed by atoms with van der Waals surface area (Å²) in [5.74, 6) is 1.52. The fraction of sp³-hybridized carbons (Fsp3) is 0.278. The number of benzene rings is 1. The van der Waals surface area contributed by atoms with Crippen LogP contribution in [-0.4, -0.2) is 33.8 Å². The third-order valence-electron chi connectivity index (χ3n) is 3.68. The van der Waals surface area contributed by atoms with Crippen LogP contribution >= 0.6 is 0 Å². The molecule has 0 aliphatic rings. The van der Waals surface area contributed by atoms with Crippen LogP contribution in [0, 0.1) is 6.92 Å². The summed E-state index contributed by atoms with van der Waals surface area (Å²) in [4.78, 5) is 16.4. The first kappa shape index (κ1) is 16.8. The molecular weight excluding hydrogens is 318 g/mol. The van der Waals surface area contributed by atoms with Gasteiger partial charge in [0.05, 0.1) is 5.69 Å².